The number of hydrogen-bond acceptors (Lipinski definition) is 7. The summed E-state index contributed by atoms with van der Waals surface area (Å²) in [5.41, 5.74) is -0.616. The number of carbonyl (C=O) groups excluding carboxylic acids is 3. The monoisotopic (exact) mass is 401 g/mol. The number of pyridine rings is 1. The maximum atomic E-state index is 12.6. The molecule has 1 aliphatic rings. The molecule has 2 aromatic rings. The molecule has 3 heterocycles. The van der Waals surface area contributed by atoms with E-state index in [1.807, 2.05) is 17.5 Å². The van der Waals surface area contributed by atoms with Gasteiger partial charge in [0.15, 0.2) is 0 Å². The van der Waals surface area contributed by atoms with E-state index in [0.29, 0.717) is 6.54 Å². The molecule has 0 unspecified atom stereocenters. The Morgan fingerprint density at radius 1 is 1.18 bits per heavy atom. The van der Waals surface area contributed by atoms with E-state index >= 15 is 0 Å². The Kier molecular flexibility index (Phi) is 5.32. The molecule has 0 fully saturated rings. The fourth-order valence-electron chi connectivity index (χ4n) is 2.62. The molecular formula is C18H19N5O4S. The lowest BCUT2D eigenvalue weighted by atomic mass is 10.2. The van der Waals surface area contributed by atoms with Crippen molar-refractivity contribution in [3.8, 4) is 0 Å². The van der Waals surface area contributed by atoms with Gasteiger partial charge in [-0.15, -0.1) is 11.3 Å². The van der Waals surface area contributed by atoms with Gasteiger partial charge in [0.1, 0.15) is 22.6 Å². The zero-order valence-corrected chi connectivity index (χ0v) is 16.3. The van der Waals surface area contributed by atoms with Crippen molar-refractivity contribution >= 4 is 34.7 Å². The molecule has 0 saturated carbocycles. The number of likely N-dealkylation sites (N-methyl/N-ethyl adjacent to an activating group) is 1. The summed E-state index contributed by atoms with van der Waals surface area (Å²) in [4.78, 5) is 55.7. The van der Waals surface area contributed by atoms with Crippen LogP contribution in [0, 0.1) is 0 Å². The molecule has 0 aliphatic carbocycles. The lowest BCUT2D eigenvalue weighted by molar-refractivity contribution is -0.136. The van der Waals surface area contributed by atoms with Gasteiger partial charge in [0.05, 0.1) is 0 Å². The lowest BCUT2D eigenvalue weighted by Crippen LogP contribution is -2.30. The predicted molar refractivity (Wildman–Crippen MR) is 105 cm³/mol. The number of hydrogen-bond donors (Lipinski definition) is 3. The van der Waals surface area contributed by atoms with Gasteiger partial charge in [-0.05, 0) is 11.4 Å². The highest BCUT2D eigenvalue weighted by Crippen LogP contribution is 2.20. The van der Waals surface area contributed by atoms with Gasteiger partial charge < -0.3 is 20.5 Å². The highest BCUT2D eigenvalue weighted by molar-refractivity contribution is 7.09. The summed E-state index contributed by atoms with van der Waals surface area (Å²) in [5, 5.41) is 7.60. The van der Waals surface area contributed by atoms with E-state index in [-0.39, 0.29) is 22.6 Å². The number of rotatable bonds is 6. The van der Waals surface area contributed by atoms with Crippen LogP contribution in [-0.2, 0) is 16.1 Å². The van der Waals surface area contributed by atoms with Crippen molar-refractivity contribution in [3.63, 3.8) is 0 Å². The molecule has 9 nitrogen and oxygen atoms in total. The first-order valence-electron chi connectivity index (χ1n) is 8.34. The van der Waals surface area contributed by atoms with Crippen molar-refractivity contribution in [1.29, 1.82) is 0 Å². The number of thiophene rings is 1. The van der Waals surface area contributed by atoms with Crippen LogP contribution in [0.25, 0.3) is 0 Å². The van der Waals surface area contributed by atoms with Crippen LogP contribution in [0.2, 0.25) is 0 Å². The van der Waals surface area contributed by atoms with Crippen LogP contribution in [0.5, 0.6) is 0 Å². The van der Waals surface area contributed by atoms with Crippen LogP contribution < -0.4 is 16.1 Å². The van der Waals surface area contributed by atoms with E-state index in [0.717, 1.165) is 9.78 Å². The Labute approximate surface area is 164 Å². The Morgan fingerprint density at radius 3 is 2.54 bits per heavy atom. The van der Waals surface area contributed by atoms with Gasteiger partial charge in [0.25, 0.3) is 17.7 Å². The SMILES string of the molecule is CN(C)C(=O)c1c[nH]cc(NC2=C(NCc3cccs3)C(=O)N(C)C2=O)c1=O. The Hall–Kier alpha value is -3.40. The highest BCUT2D eigenvalue weighted by Gasteiger charge is 2.36. The zero-order valence-electron chi connectivity index (χ0n) is 15.5. The predicted octanol–water partition coefficient (Wildman–Crippen LogP) is 0.550. The van der Waals surface area contributed by atoms with Gasteiger partial charge in [0.2, 0.25) is 5.43 Å². The molecule has 0 aromatic carbocycles. The molecule has 146 valence electrons. The van der Waals surface area contributed by atoms with Crippen molar-refractivity contribution in [2.75, 3.05) is 26.5 Å². The van der Waals surface area contributed by atoms with E-state index in [9.17, 15) is 19.2 Å². The van der Waals surface area contributed by atoms with Gasteiger partial charge in [-0.3, -0.25) is 24.1 Å². The van der Waals surface area contributed by atoms with Gasteiger partial charge in [-0.1, -0.05) is 6.07 Å². The first kappa shape index (κ1) is 19.4. The fourth-order valence-corrected chi connectivity index (χ4v) is 3.27. The Morgan fingerprint density at radius 2 is 1.89 bits per heavy atom. The summed E-state index contributed by atoms with van der Waals surface area (Å²) < 4.78 is 0. The molecule has 3 rings (SSSR count). The first-order valence-corrected chi connectivity index (χ1v) is 9.22. The van der Waals surface area contributed by atoms with Crippen molar-refractivity contribution in [2.24, 2.45) is 0 Å². The summed E-state index contributed by atoms with van der Waals surface area (Å²) in [7, 11) is 4.43. The van der Waals surface area contributed by atoms with Crippen LogP contribution in [0.3, 0.4) is 0 Å². The van der Waals surface area contributed by atoms with Crippen LogP contribution in [-0.4, -0.2) is 53.6 Å². The largest absolute Gasteiger partial charge is 0.374 e. The third-order valence-electron chi connectivity index (χ3n) is 4.15. The van der Waals surface area contributed by atoms with Gasteiger partial charge in [-0.2, -0.15) is 0 Å². The fraction of sp³-hybridized carbons (Fsp3) is 0.222. The van der Waals surface area contributed by atoms with Crippen molar-refractivity contribution in [3.05, 3.63) is 62.0 Å². The summed E-state index contributed by atoms with van der Waals surface area (Å²) in [5.74, 6) is -1.54. The molecule has 3 amide bonds. The van der Waals surface area contributed by atoms with E-state index < -0.39 is 23.2 Å². The van der Waals surface area contributed by atoms with Crippen LogP contribution >= 0.6 is 11.3 Å². The van der Waals surface area contributed by atoms with Crippen molar-refractivity contribution < 1.29 is 14.4 Å². The maximum absolute atomic E-state index is 12.6. The zero-order chi connectivity index (χ0) is 20.4. The van der Waals surface area contributed by atoms with Crippen LogP contribution in [0.1, 0.15) is 15.2 Å². The number of imide groups is 1. The quantitative estimate of drug-likeness (QED) is 0.609. The van der Waals surface area contributed by atoms with Crippen molar-refractivity contribution in [1.82, 2.24) is 20.1 Å². The highest BCUT2D eigenvalue weighted by atomic mass is 32.1. The Bertz CT molecular complexity index is 1020. The topological polar surface area (TPSA) is 115 Å². The summed E-state index contributed by atoms with van der Waals surface area (Å²) in [6.07, 6.45) is 2.64. The lowest BCUT2D eigenvalue weighted by Gasteiger charge is -2.12. The number of aromatic amines is 1. The number of nitrogens with one attached hydrogen (secondary N) is 3. The summed E-state index contributed by atoms with van der Waals surface area (Å²) in [6, 6.07) is 3.78. The van der Waals surface area contributed by atoms with Crippen molar-refractivity contribution in [2.45, 2.75) is 6.54 Å². The average Bonchev–Trinajstić information content (AvgIpc) is 3.25. The number of nitrogens with zero attached hydrogens (tertiary/aromatic N) is 2. The first-order chi connectivity index (χ1) is 13.3. The van der Waals surface area contributed by atoms with Gasteiger partial charge in [-0.25, -0.2) is 0 Å². The van der Waals surface area contributed by atoms with Crippen LogP contribution in [0.15, 0.2) is 46.1 Å². The molecule has 0 bridgehead atoms. The Balaban J connectivity index is 1.94. The van der Waals surface area contributed by atoms with E-state index in [1.54, 1.807) is 0 Å². The standard InChI is InChI=1S/C18H19N5O4S/c1-22(2)16(25)11-8-19-9-12(15(11)24)21-14-13(17(26)23(3)18(14)27)20-7-10-5-4-6-28-10/h4-6,8-9,20-21H,7H2,1-3H3,(H,19,24). The minimum absolute atomic E-state index is 0.00502. The molecule has 3 N–H and O–H groups in total. The number of H-pyrrole nitrogens is 1. The normalized spacial score (nSPS) is 13.9. The molecule has 0 spiro atoms. The van der Waals surface area contributed by atoms with E-state index in [2.05, 4.69) is 15.6 Å². The number of anilines is 1. The van der Waals surface area contributed by atoms with Gasteiger partial charge in [0, 0.05) is 45.0 Å². The third-order valence-corrected chi connectivity index (χ3v) is 5.02. The number of aromatic nitrogens is 1. The summed E-state index contributed by atoms with van der Waals surface area (Å²) in [6.45, 7) is 0.362. The number of amides is 3. The maximum Gasteiger partial charge on any atom is 0.279 e. The minimum Gasteiger partial charge on any atom is -0.374 e. The smallest absolute Gasteiger partial charge is 0.279 e. The van der Waals surface area contributed by atoms with E-state index in [4.69, 9.17) is 0 Å². The molecule has 0 saturated heterocycles. The average molecular weight is 401 g/mol. The number of carbonyl (C=O) groups is 3. The second kappa shape index (κ2) is 7.69. The minimum atomic E-state index is -0.572. The molecular weight excluding hydrogens is 382 g/mol. The molecule has 10 heteroatoms. The summed E-state index contributed by atoms with van der Waals surface area (Å²) >= 11 is 1.51. The molecule has 0 atom stereocenters. The van der Waals surface area contributed by atoms with Crippen LogP contribution in [0.4, 0.5) is 5.69 Å². The van der Waals surface area contributed by atoms with E-state index in [1.165, 1.54) is 49.8 Å². The van der Waals surface area contributed by atoms with Gasteiger partial charge >= 0.3 is 0 Å². The third kappa shape index (κ3) is 3.54. The molecule has 0 radical (unpaired) electrons. The second-order valence-electron chi connectivity index (χ2n) is 6.29. The second-order valence-corrected chi connectivity index (χ2v) is 7.32. The molecule has 2 aromatic heterocycles. The molecule has 28 heavy (non-hydrogen) atoms. The molecule has 1 aliphatic heterocycles.